The smallest absolute Gasteiger partial charge is 0.243 e. The Hall–Kier alpha value is -2.54. The Balaban J connectivity index is 1.85. The molecule has 3 aromatic carbocycles. The summed E-state index contributed by atoms with van der Waals surface area (Å²) in [6.45, 7) is 4.12. The number of benzene rings is 3. The Kier molecular flexibility index (Phi) is 11.3. The molecule has 0 aliphatic heterocycles. The molecule has 0 saturated carbocycles. The molecule has 0 aliphatic carbocycles. The first-order valence-corrected chi connectivity index (χ1v) is 14.1. The number of amides is 2. The Morgan fingerprint density at radius 1 is 1.00 bits per heavy atom. The van der Waals surface area contributed by atoms with Crippen molar-refractivity contribution >= 4 is 46.8 Å². The van der Waals surface area contributed by atoms with E-state index in [0.717, 1.165) is 23.1 Å². The molecular weight excluding hydrogens is 530 g/mol. The fourth-order valence-corrected chi connectivity index (χ4v) is 5.22. The van der Waals surface area contributed by atoms with Crippen LogP contribution in [0.4, 0.5) is 4.39 Å². The van der Waals surface area contributed by atoms with E-state index in [2.05, 4.69) is 5.32 Å². The van der Waals surface area contributed by atoms with Gasteiger partial charge in [-0.15, -0.1) is 11.8 Å². The Morgan fingerprint density at radius 3 is 2.35 bits per heavy atom. The van der Waals surface area contributed by atoms with Gasteiger partial charge >= 0.3 is 0 Å². The van der Waals surface area contributed by atoms with Gasteiger partial charge < -0.3 is 10.2 Å². The number of halogens is 3. The summed E-state index contributed by atoms with van der Waals surface area (Å²) >= 11 is 13.7. The molecule has 0 spiro atoms. The lowest BCUT2D eigenvalue weighted by Crippen LogP contribution is -2.52. The molecule has 4 nitrogen and oxygen atoms in total. The molecule has 2 amide bonds. The topological polar surface area (TPSA) is 49.4 Å². The van der Waals surface area contributed by atoms with E-state index in [1.54, 1.807) is 29.2 Å². The van der Waals surface area contributed by atoms with Gasteiger partial charge in [-0.05, 0) is 54.3 Å². The molecule has 0 aromatic heterocycles. The fraction of sp³-hybridized carbons (Fsp3) is 0.310. The van der Waals surface area contributed by atoms with Gasteiger partial charge in [-0.3, -0.25) is 9.59 Å². The lowest BCUT2D eigenvalue weighted by atomic mass is 10.0. The summed E-state index contributed by atoms with van der Waals surface area (Å²) in [5.74, 6) is -0.0669. The first-order valence-electron chi connectivity index (χ1n) is 12.2. The third-order valence-corrected chi connectivity index (χ3v) is 7.59. The van der Waals surface area contributed by atoms with Crippen molar-refractivity contribution in [2.24, 2.45) is 0 Å². The number of carbonyl (C=O) groups excluding carboxylic acids is 2. The molecule has 3 rings (SSSR count). The zero-order valence-electron chi connectivity index (χ0n) is 20.9. The van der Waals surface area contributed by atoms with E-state index < -0.39 is 6.04 Å². The first-order chi connectivity index (χ1) is 17.8. The van der Waals surface area contributed by atoms with Crippen LogP contribution in [-0.4, -0.2) is 34.6 Å². The monoisotopic (exact) mass is 560 g/mol. The van der Waals surface area contributed by atoms with Crippen LogP contribution >= 0.6 is 35.0 Å². The lowest BCUT2D eigenvalue weighted by molar-refractivity contribution is -0.139. The maximum atomic E-state index is 13.6. The summed E-state index contributed by atoms with van der Waals surface area (Å²) in [6, 6.07) is 20.2. The van der Waals surface area contributed by atoms with Crippen molar-refractivity contribution < 1.29 is 14.0 Å². The van der Waals surface area contributed by atoms with Crippen LogP contribution in [0.2, 0.25) is 10.0 Å². The van der Waals surface area contributed by atoms with Crippen molar-refractivity contribution in [3.05, 3.63) is 105 Å². The van der Waals surface area contributed by atoms with Gasteiger partial charge in [0.15, 0.2) is 0 Å². The maximum Gasteiger partial charge on any atom is 0.243 e. The van der Waals surface area contributed by atoms with Crippen LogP contribution in [-0.2, 0) is 28.3 Å². The molecule has 3 aromatic rings. The average Bonchev–Trinajstić information content (AvgIpc) is 2.88. The van der Waals surface area contributed by atoms with Gasteiger partial charge in [0.2, 0.25) is 11.8 Å². The van der Waals surface area contributed by atoms with Gasteiger partial charge in [-0.1, -0.05) is 78.7 Å². The maximum absolute atomic E-state index is 13.6. The van der Waals surface area contributed by atoms with Gasteiger partial charge in [0, 0.05) is 34.8 Å². The summed E-state index contributed by atoms with van der Waals surface area (Å²) in [5, 5.41) is 4.14. The van der Waals surface area contributed by atoms with E-state index in [1.165, 1.54) is 23.9 Å². The molecule has 0 heterocycles. The van der Waals surface area contributed by atoms with E-state index in [0.29, 0.717) is 22.2 Å². The van der Waals surface area contributed by atoms with E-state index in [4.69, 9.17) is 23.2 Å². The molecule has 0 saturated heterocycles. The molecule has 37 heavy (non-hydrogen) atoms. The van der Waals surface area contributed by atoms with Crippen LogP contribution < -0.4 is 5.32 Å². The van der Waals surface area contributed by atoms with Crippen molar-refractivity contribution in [3.63, 3.8) is 0 Å². The zero-order valence-corrected chi connectivity index (χ0v) is 23.3. The molecule has 0 radical (unpaired) electrons. The van der Waals surface area contributed by atoms with Gasteiger partial charge in [0.25, 0.3) is 0 Å². The largest absolute Gasteiger partial charge is 0.352 e. The van der Waals surface area contributed by atoms with Crippen LogP contribution in [0.1, 0.15) is 37.0 Å². The predicted molar refractivity (Wildman–Crippen MR) is 151 cm³/mol. The molecule has 8 heteroatoms. The van der Waals surface area contributed by atoms with E-state index in [1.807, 2.05) is 50.2 Å². The number of hydrogen-bond donors (Lipinski definition) is 1. The van der Waals surface area contributed by atoms with E-state index in [-0.39, 0.29) is 36.0 Å². The third kappa shape index (κ3) is 9.06. The molecule has 1 N–H and O–H groups in total. The van der Waals surface area contributed by atoms with E-state index >= 15 is 0 Å². The second kappa shape index (κ2) is 14.4. The minimum absolute atomic E-state index is 0.0324. The zero-order chi connectivity index (χ0) is 26.8. The molecule has 2 atom stereocenters. The average molecular weight is 562 g/mol. The van der Waals surface area contributed by atoms with Gasteiger partial charge in [0.1, 0.15) is 11.9 Å². The summed E-state index contributed by atoms with van der Waals surface area (Å²) in [4.78, 5) is 28.7. The molecule has 0 bridgehead atoms. The highest BCUT2D eigenvalue weighted by Crippen LogP contribution is 2.25. The van der Waals surface area contributed by atoms with Crippen LogP contribution in [0.25, 0.3) is 0 Å². The molecule has 0 aliphatic rings. The number of nitrogens with zero attached hydrogens (tertiary/aromatic N) is 1. The fourth-order valence-electron chi connectivity index (χ4n) is 3.75. The van der Waals surface area contributed by atoms with Crippen molar-refractivity contribution in [2.75, 3.05) is 5.75 Å². The quantitative estimate of drug-likeness (QED) is 0.261. The third-order valence-electron chi connectivity index (χ3n) is 6.04. The minimum atomic E-state index is -0.728. The summed E-state index contributed by atoms with van der Waals surface area (Å²) < 4.78 is 13.6. The van der Waals surface area contributed by atoms with Crippen molar-refractivity contribution in [2.45, 2.75) is 51.1 Å². The number of rotatable bonds is 12. The second-order valence-electron chi connectivity index (χ2n) is 8.90. The van der Waals surface area contributed by atoms with Crippen LogP contribution in [0.5, 0.6) is 0 Å². The van der Waals surface area contributed by atoms with Gasteiger partial charge in [-0.2, -0.15) is 0 Å². The van der Waals surface area contributed by atoms with Crippen molar-refractivity contribution in [3.8, 4) is 0 Å². The molecule has 0 unspecified atom stereocenters. The van der Waals surface area contributed by atoms with E-state index in [9.17, 15) is 14.0 Å². The minimum Gasteiger partial charge on any atom is -0.352 e. The Morgan fingerprint density at radius 2 is 1.70 bits per heavy atom. The molecular formula is C29H31Cl2FN2O2S. The van der Waals surface area contributed by atoms with Gasteiger partial charge in [0.05, 0.1) is 5.75 Å². The lowest BCUT2D eigenvalue weighted by Gasteiger charge is -2.32. The second-order valence-corrected chi connectivity index (χ2v) is 10.7. The van der Waals surface area contributed by atoms with Crippen LogP contribution in [0, 0.1) is 5.82 Å². The Labute approximate surface area is 232 Å². The SMILES string of the molecule is CC[C@@H](C)NC(=O)[C@H](Cc1ccccc1)N(Cc1ccc(F)cc1)C(=O)CSCc1ccc(Cl)cc1Cl. The highest BCUT2D eigenvalue weighted by Gasteiger charge is 2.31. The number of carbonyl (C=O) groups is 2. The number of hydrogen-bond acceptors (Lipinski definition) is 3. The summed E-state index contributed by atoms with van der Waals surface area (Å²) in [5.41, 5.74) is 2.57. The molecule has 196 valence electrons. The van der Waals surface area contributed by atoms with Crippen molar-refractivity contribution in [1.82, 2.24) is 10.2 Å². The first kappa shape index (κ1) is 29.0. The highest BCUT2D eigenvalue weighted by molar-refractivity contribution is 7.99. The standard InChI is InChI=1S/C29H31Cl2FN2O2S/c1-3-20(2)33-29(36)27(15-21-7-5-4-6-8-21)34(17-22-9-13-25(32)14-10-22)28(35)19-37-18-23-11-12-24(30)16-26(23)31/h4-14,16,20,27H,3,15,17-19H2,1-2H3,(H,33,36)/t20-,27+/m1/s1. The number of thioether (sulfide) groups is 1. The van der Waals surface area contributed by atoms with Crippen molar-refractivity contribution in [1.29, 1.82) is 0 Å². The van der Waals surface area contributed by atoms with Gasteiger partial charge in [-0.25, -0.2) is 4.39 Å². The Bertz CT molecular complexity index is 1180. The van der Waals surface area contributed by atoms with Crippen LogP contribution in [0.3, 0.4) is 0 Å². The summed E-state index contributed by atoms with van der Waals surface area (Å²) in [6.07, 6.45) is 1.14. The number of nitrogens with one attached hydrogen (secondary N) is 1. The normalized spacial score (nSPS) is 12.6. The predicted octanol–water partition coefficient (Wildman–Crippen LogP) is 6.92. The summed E-state index contributed by atoms with van der Waals surface area (Å²) in [7, 11) is 0. The van der Waals surface area contributed by atoms with Crippen LogP contribution in [0.15, 0.2) is 72.8 Å². The molecule has 0 fully saturated rings. The highest BCUT2D eigenvalue weighted by atomic mass is 35.5.